The molecule has 0 radical (unpaired) electrons. The first-order valence-corrected chi connectivity index (χ1v) is 10.4. The number of aromatic amines is 1. The smallest absolute Gasteiger partial charge is 0.369 e. The summed E-state index contributed by atoms with van der Waals surface area (Å²) >= 11 is 6.14. The largest absolute Gasteiger partial charge is 0.430 e. The molecular weight excluding hydrogens is 501 g/mol. The molecule has 0 aliphatic carbocycles. The van der Waals surface area contributed by atoms with Gasteiger partial charge >= 0.3 is 12.4 Å². The molecule has 1 aromatic heterocycles. The molecule has 0 saturated heterocycles. The van der Waals surface area contributed by atoms with Crippen molar-refractivity contribution in [2.45, 2.75) is 18.0 Å². The predicted octanol–water partition coefficient (Wildman–Crippen LogP) is 7.64. The van der Waals surface area contributed by atoms with Crippen molar-refractivity contribution in [3.8, 4) is 11.4 Å². The molecule has 5 rings (SSSR count). The summed E-state index contributed by atoms with van der Waals surface area (Å²) in [5.41, 5.74) is -5.93. The molecule has 1 heterocycles. The molecule has 0 aliphatic rings. The van der Waals surface area contributed by atoms with E-state index in [1.165, 1.54) is 24.3 Å². The molecule has 3 nitrogen and oxygen atoms in total. The summed E-state index contributed by atoms with van der Waals surface area (Å²) in [7, 11) is 0. The van der Waals surface area contributed by atoms with Crippen molar-refractivity contribution < 1.29 is 35.8 Å². The number of hydrogen-bond donors (Lipinski definition) is 2. The number of aliphatic hydroxyl groups is 1. The van der Waals surface area contributed by atoms with Gasteiger partial charge in [-0.3, -0.25) is 0 Å². The van der Waals surface area contributed by atoms with Gasteiger partial charge in [-0.05, 0) is 29.0 Å². The number of fused-ring (bicyclic) bond motifs is 6. The van der Waals surface area contributed by atoms with Gasteiger partial charge in [-0.25, -0.2) is 9.37 Å². The van der Waals surface area contributed by atoms with Gasteiger partial charge in [0.1, 0.15) is 11.6 Å². The number of H-pyrrole nitrogens is 1. The van der Waals surface area contributed by atoms with Crippen molar-refractivity contribution in [3.05, 3.63) is 77.1 Å². The Morgan fingerprint density at radius 1 is 0.771 bits per heavy atom. The van der Waals surface area contributed by atoms with Gasteiger partial charge in [0.15, 0.2) is 0 Å². The Labute approximate surface area is 196 Å². The van der Waals surface area contributed by atoms with Crippen LogP contribution >= 0.6 is 11.6 Å². The number of alkyl halides is 6. The first-order chi connectivity index (χ1) is 16.3. The highest BCUT2D eigenvalue weighted by molar-refractivity contribution is 6.33. The average molecular weight is 513 g/mol. The number of rotatable bonds is 2. The number of hydrogen-bond acceptors (Lipinski definition) is 2. The van der Waals surface area contributed by atoms with Crippen molar-refractivity contribution in [2.75, 3.05) is 0 Å². The zero-order valence-corrected chi connectivity index (χ0v) is 17.9. The number of nitrogens with zero attached hydrogens (tertiary/aromatic N) is 1. The maximum atomic E-state index is 14.5. The van der Waals surface area contributed by atoms with E-state index < -0.39 is 29.3 Å². The van der Waals surface area contributed by atoms with Crippen LogP contribution in [0.2, 0.25) is 5.02 Å². The van der Waals surface area contributed by atoms with Gasteiger partial charge in [-0.1, -0.05) is 54.1 Å². The van der Waals surface area contributed by atoms with Gasteiger partial charge in [0.25, 0.3) is 5.60 Å². The van der Waals surface area contributed by atoms with Gasteiger partial charge in [0.2, 0.25) is 0 Å². The van der Waals surface area contributed by atoms with Crippen LogP contribution in [-0.4, -0.2) is 27.4 Å². The lowest BCUT2D eigenvalue weighted by molar-refractivity contribution is -0.376. The Balaban J connectivity index is 1.88. The third-order valence-electron chi connectivity index (χ3n) is 5.90. The highest BCUT2D eigenvalue weighted by atomic mass is 35.5. The highest BCUT2D eigenvalue weighted by Crippen LogP contribution is 2.51. The summed E-state index contributed by atoms with van der Waals surface area (Å²) in [6, 6.07) is 12.5. The van der Waals surface area contributed by atoms with E-state index in [0.29, 0.717) is 28.4 Å². The summed E-state index contributed by atoms with van der Waals surface area (Å²) in [5, 5.41) is 10.9. The molecule has 0 unspecified atom stereocenters. The molecule has 2 N–H and O–H groups in total. The molecule has 4 aromatic carbocycles. The Morgan fingerprint density at radius 2 is 1.43 bits per heavy atom. The molecule has 0 spiro atoms. The van der Waals surface area contributed by atoms with Crippen LogP contribution in [0.25, 0.3) is 44.0 Å². The lowest BCUT2D eigenvalue weighted by Crippen LogP contribution is -2.53. The van der Waals surface area contributed by atoms with Crippen molar-refractivity contribution in [2.24, 2.45) is 0 Å². The van der Waals surface area contributed by atoms with Crippen LogP contribution in [0.5, 0.6) is 0 Å². The second-order valence-electron chi connectivity index (χ2n) is 7.92. The Kier molecular flexibility index (Phi) is 5.05. The predicted molar refractivity (Wildman–Crippen MR) is 118 cm³/mol. The van der Waals surface area contributed by atoms with Gasteiger partial charge < -0.3 is 10.1 Å². The van der Waals surface area contributed by atoms with E-state index in [4.69, 9.17) is 11.6 Å². The van der Waals surface area contributed by atoms with Crippen LogP contribution in [0, 0.1) is 5.82 Å². The molecule has 0 saturated carbocycles. The lowest BCUT2D eigenvalue weighted by Gasteiger charge is -2.32. The van der Waals surface area contributed by atoms with Crippen LogP contribution in [0.15, 0.2) is 60.7 Å². The van der Waals surface area contributed by atoms with E-state index in [9.17, 15) is 35.8 Å². The summed E-state index contributed by atoms with van der Waals surface area (Å²) in [6.45, 7) is 0. The molecule has 35 heavy (non-hydrogen) atoms. The quantitative estimate of drug-likeness (QED) is 0.189. The van der Waals surface area contributed by atoms with E-state index >= 15 is 0 Å². The Bertz CT molecular complexity index is 1590. The first kappa shape index (κ1) is 23.4. The maximum Gasteiger partial charge on any atom is 0.430 e. The number of halogens is 8. The molecular formula is C24H12ClF7N2O. The second kappa shape index (κ2) is 7.56. The van der Waals surface area contributed by atoms with E-state index in [1.54, 1.807) is 18.2 Å². The van der Waals surface area contributed by atoms with Crippen molar-refractivity contribution in [1.29, 1.82) is 0 Å². The summed E-state index contributed by atoms with van der Waals surface area (Å²) in [6.07, 6.45) is -12.1. The third-order valence-corrected chi connectivity index (χ3v) is 6.22. The molecule has 0 fully saturated rings. The number of aromatic nitrogens is 2. The fourth-order valence-corrected chi connectivity index (χ4v) is 4.48. The molecule has 180 valence electrons. The SMILES string of the molecule is OC(c1ccc2c(c1)c1ccccc1c1nc(-c3c(F)cccc3Cl)[nH]c21)(C(F)(F)F)C(F)(F)F. The molecule has 0 aliphatic heterocycles. The van der Waals surface area contributed by atoms with Crippen molar-refractivity contribution in [1.82, 2.24) is 9.97 Å². The molecule has 11 heteroatoms. The number of nitrogens with one attached hydrogen (secondary N) is 1. The minimum Gasteiger partial charge on any atom is -0.369 e. The Morgan fingerprint density at radius 3 is 2.06 bits per heavy atom. The lowest BCUT2D eigenvalue weighted by atomic mass is 9.89. The minimum atomic E-state index is -6.03. The molecule has 5 aromatic rings. The zero-order chi connectivity index (χ0) is 25.3. The summed E-state index contributed by atoms with van der Waals surface area (Å²) < 4.78 is 95.4. The normalized spacial score (nSPS) is 13.3. The number of benzene rings is 4. The van der Waals surface area contributed by atoms with E-state index in [0.717, 1.165) is 6.07 Å². The van der Waals surface area contributed by atoms with Gasteiger partial charge in [-0.2, -0.15) is 26.3 Å². The summed E-state index contributed by atoms with van der Waals surface area (Å²) in [4.78, 5) is 7.35. The second-order valence-corrected chi connectivity index (χ2v) is 8.32. The fraction of sp³-hybridized carbons (Fsp3) is 0.125. The molecule has 0 amide bonds. The van der Waals surface area contributed by atoms with Crippen LogP contribution in [0.1, 0.15) is 5.56 Å². The van der Waals surface area contributed by atoms with Gasteiger partial charge in [0, 0.05) is 16.3 Å². The topological polar surface area (TPSA) is 48.9 Å². The fourth-order valence-electron chi connectivity index (χ4n) is 4.23. The van der Waals surface area contributed by atoms with Crippen LogP contribution in [-0.2, 0) is 5.60 Å². The minimum absolute atomic E-state index is 0.00681. The van der Waals surface area contributed by atoms with Crippen LogP contribution in [0.4, 0.5) is 30.7 Å². The molecule has 0 atom stereocenters. The first-order valence-electron chi connectivity index (χ1n) is 9.99. The van der Waals surface area contributed by atoms with Crippen molar-refractivity contribution in [3.63, 3.8) is 0 Å². The highest BCUT2D eigenvalue weighted by Gasteiger charge is 2.71. The summed E-state index contributed by atoms with van der Waals surface area (Å²) in [5.74, 6) is -0.639. The van der Waals surface area contributed by atoms with E-state index in [-0.39, 0.29) is 32.7 Å². The average Bonchev–Trinajstić information content (AvgIpc) is 3.22. The van der Waals surface area contributed by atoms with Crippen molar-refractivity contribution >= 4 is 44.2 Å². The van der Waals surface area contributed by atoms with Crippen LogP contribution in [0.3, 0.4) is 0 Å². The van der Waals surface area contributed by atoms with Gasteiger partial charge in [-0.15, -0.1) is 0 Å². The number of imidazole rings is 1. The maximum absolute atomic E-state index is 14.5. The van der Waals surface area contributed by atoms with Crippen LogP contribution < -0.4 is 0 Å². The third kappa shape index (κ3) is 3.35. The van der Waals surface area contributed by atoms with E-state index in [2.05, 4.69) is 9.97 Å². The standard InChI is InChI=1S/C24H12ClF7N2O/c25-16-6-3-7-17(26)18(16)21-33-19-13-5-2-1-4-12(13)15-10-11(8-9-14(15)20(19)34-21)22(35,23(27,28)29)24(30,31)32/h1-10,35H,(H,33,34). The Hall–Kier alpha value is -3.37. The molecule has 0 bridgehead atoms. The van der Waals surface area contributed by atoms with E-state index in [1.807, 2.05) is 0 Å². The zero-order valence-electron chi connectivity index (χ0n) is 17.2. The van der Waals surface area contributed by atoms with Gasteiger partial charge in [0.05, 0.1) is 21.6 Å². The monoisotopic (exact) mass is 512 g/mol.